The Morgan fingerprint density at radius 2 is 2.32 bits per heavy atom. The highest BCUT2D eigenvalue weighted by atomic mass is 32.1. The van der Waals surface area contributed by atoms with Gasteiger partial charge in [-0.15, -0.1) is 5.10 Å². The smallest absolute Gasteiger partial charge is 0.243 e. The quantitative estimate of drug-likeness (QED) is 0.905. The average molecular weight is 279 g/mol. The predicted molar refractivity (Wildman–Crippen MR) is 70.7 cm³/mol. The summed E-state index contributed by atoms with van der Waals surface area (Å²) in [5.41, 5.74) is 0.937. The van der Waals surface area contributed by atoms with Gasteiger partial charge in [-0.2, -0.15) is 4.98 Å². The van der Waals surface area contributed by atoms with Crippen molar-refractivity contribution in [2.24, 2.45) is 0 Å². The molecule has 0 amide bonds. The Labute approximate surface area is 115 Å². The van der Waals surface area contributed by atoms with Crippen molar-refractivity contribution in [1.82, 2.24) is 25.0 Å². The molecule has 0 radical (unpaired) electrons. The second-order valence-electron chi connectivity index (χ2n) is 4.97. The fourth-order valence-corrected chi connectivity index (χ4v) is 2.83. The van der Waals surface area contributed by atoms with Gasteiger partial charge in [0.05, 0.1) is 11.7 Å². The maximum Gasteiger partial charge on any atom is 0.243 e. The molecular weight excluding hydrogens is 262 g/mol. The number of aromatic nitrogens is 4. The van der Waals surface area contributed by atoms with Crippen LogP contribution in [0, 0.1) is 0 Å². The molecule has 2 heterocycles. The van der Waals surface area contributed by atoms with E-state index in [1.165, 1.54) is 37.2 Å². The number of nitrogens with zero attached hydrogens (tertiary/aromatic N) is 4. The Morgan fingerprint density at radius 3 is 3.05 bits per heavy atom. The van der Waals surface area contributed by atoms with E-state index in [9.17, 15) is 0 Å². The SMILES string of the molecule is C[C@@H](NCc1csnn1)c1nc(C2CCCC2)no1. The van der Waals surface area contributed by atoms with Gasteiger partial charge in [-0.3, -0.25) is 0 Å². The first kappa shape index (κ1) is 12.7. The fourth-order valence-electron chi connectivity index (χ4n) is 2.38. The molecule has 0 unspecified atom stereocenters. The van der Waals surface area contributed by atoms with Gasteiger partial charge < -0.3 is 9.84 Å². The molecule has 1 aliphatic carbocycles. The summed E-state index contributed by atoms with van der Waals surface area (Å²) in [5, 5.41) is 13.3. The molecule has 0 bridgehead atoms. The molecular formula is C12H17N5OS. The van der Waals surface area contributed by atoms with Gasteiger partial charge in [-0.1, -0.05) is 22.5 Å². The van der Waals surface area contributed by atoms with Crippen LogP contribution in [0.25, 0.3) is 0 Å². The van der Waals surface area contributed by atoms with Crippen molar-refractivity contribution in [3.63, 3.8) is 0 Å². The Bertz CT molecular complexity index is 506. The monoisotopic (exact) mass is 279 g/mol. The van der Waals surface area contributed by atoms with Gasteiger partial charge in [0, 0.05) is 17.8 Å². The molecule has 0 aromatic carbocycles. The standard InChI is InChI=1S/C12H17N5OS/c1-8(13-6-10-7-19-17-15-10)12-14-11(16-18-12)9-4-2-3-5-9/h7-9,13H,2-6H2,1H3/t8-/m1/s1. The third-order valence-corrected chi connectivity index (χ3v) is 4.10. The lowest BCUT2D eigenvalue weighted by atomic mass is 10.1. The summed E-state index contributed by atoms with van der Waals surface area (Å²) in [6.07, 6.45) is 4.93. The summed E-state index contributed by atoms with van der Waals surface area (Å²) in [5.74, 6) is 2.02. The molecule has 1 saturated carbocycles. The van der Waals surface area contributed by atoms with Crippen LogP contribution in [0.15, 0.2) is 9.90 Å². The van der Waals surface area contributed by atoms with E-state index in [4.69, 9.17) is 4.52 Å². The molecule has 1 aliphatic rings. The second kappa shape index (κ2) is 5.75. The van der Waals surface area contributed by atoms with Crippen molar-refractivity contribution in [1.29, 1.82) is 0 Å². The largest absolute Gasteiger partial charge is 0.338 e. The van der Waals surface area contributed by atoms with Gasteiger partial charge in [0.2, 0.25) is 5.89 Å². The van der Waals surface area contributed by atoms with Gasteiger partial charge in [-0.25, -0.2) is 0 Å². The Morgan fingerprint density at radius 1 is 1.47 bits per heavy atom. The van der Waals surface area contributed by atoms with E-state index in [2.05, 4.69) is 25.0 Å². The lowest BCUT2D eigenvalue weighted by molar-refractivity contribution is 0.333. The summed E-state index contributed by atoms with van der Waals surface area (Å²) < 4.78 is 9.18. The number of nitrogens with one attached hydrogen (secondary N) is 1. The summed E-state index contributed by atoms with van der Waals surface area (Å²) in [6.45, 7) is 2.69. The molecule has 1 N–H and O–H groups in total. The molecule has 2 aromatic heterocycles. The molecule has 0 aliphatic heterocycles. The molecule has 3 rings (SSSR count). The Kier molecular flexibility index (Phi) is 3.84. The first-order valence-corrected chi connectivity index (χ1v) is 7.49. The van der Waals surface area contributed by atoms with Crippen molar-refractivity contribution >= 4 is 11.5 Å². The van der Waals surface area contributed by atoms with Crippen LogP contribution >= 0.6 is 11.5 Å². The first-order valence-electron chi connectivity index (χ1n) is 6.66. The highest BCUT2D eigenvalue weighted by molar-refractivity contribution is 7.03. The van der Waals surface area contributed by atoms with Crippen LogP contribution in [0.4, 0.5) is 0 Å². The predicted octanol–water partition coefficient (Wildman–Crippen LogP) is 2.43. The van der Waals surface area contributed by atoms with E-state index < -0.39 is 0 Å². The summed E-state index contributed by atoms with van der Waals surface area (Å²) in [4.78, 5) is 4.52. The average Bonchev–Trinajstić information content (AvgIpc) is 3.14. The van der Waals surface area contributed by atoms with Crippen molar-refractivity contribution < 1.29 is 4.52 Å². The molecule has 19 heavy (non-hydrogen) atoms. The lowest BCUT2D eigenvalue weighted by Gasteiger charge is -2.07. The number of hydrogen-bond acceptors (Lipinski definition) is 7. The van der Waals surface area contributed by atoms with Crippen molar-refractivity contribution in [2.45, 2.75) is 51.1 Å². The zero-order valence-corrected chi connectivity index (χ0v) is 11.7. The molecule has 6 nitrogen and oxygen atoms in total. The third-order valence-electron chi connectivity index (χ3n) is 3.54. The highest BCUT2D eigenvalue weighted by Gasteiger charge is 2.23. The zero-order chi connectivity index (χ0) is 13.1. The Hall–Kier alpha value is -1.34. The van der Waals surface area contributed by atoms with Gasteiger partial charge in [-0.05, 0) is 31.3 Å². The molecule has 2 aromatic rings. The lowest BCUT2D eigenvalue weighted by Crippen LogP contribution is -2.18. The van der Waals surface area contributed by atoms with Gasteiger partial charge in [0.25, 0.3) is 0 Å². The maximum absolute atomic E-state index is 5.35. The van der Waals surface area contributed by atoms with E-state index in [0.29, 0.717) is 18.4 Å². The molecule has 0 spiro atoms. The fraction of sp³-hybridized carbons (Fsp3) is 0.667. The maximum atomic E-state index is 5.35. The first-order chi connectivity index (χ1) is 9.33. The van der Waals surface area contributed by atoms with Crippen LogP contribution in [0.2, 0.25) is 0 Å². The Balaban J connectivity index is 1.58. The van der Waals surface area contributed by atoms with Gasteiger partial charge >= 0.3 is 0 Å². The minimum atomic E-state index is 0.0318. The van der Waals surface area contributed by atoms with Crippen molar-refractivity contribution in [2.75, 3.05) is 0 Å². The second-order valence-corrected chi connectivity index (χ2v) is 5.58. The molecule has 102 valence electrons. The van der Waals surface area contributed by atoms with E-state index >= 15 is 0 Å². The minimum absolute atomic E-state index is 0.0318. The molecule has 1 fully saturated rings. The van der Waals surface area contributed by atoms with Gasteiger partial charge in [0.15, 0.2) is 5.82 Å². The third kappa shape index (κ3) is 2.98. The van der Waals surface area contributed by atoms with Crippen LogP contribution in [-0.4, -0.2) is 19.7 Å². The van der Waals surface area contributed by atoms with Crippen LogP contribution in [-0.2, 0) is 6.54 Å². The van der Waals surface area contributed by atoms with Crippen LogP contribution in [0.5, 0.6) is 0 Å². The van der Waals surface area contributed by atoms with Crippen LogP contribution in [0.1, 0.15) is 62.0 Å². The highest BCUT2D eigenvalue weighted by Crippen LogP contribution is 2.32. The summed E-state index contributed by atoms with van der Waals surface area (Å²) in [7, 11) is 0. The summed E-state index contributed by atoms with van der Waals surface area (Å²) >= 11 is 1.36. The zero-order valence-electron chi connectivity index (χ0n) is 10.9. The number of hydrogen-bond donors (Lipinski definition) is 1. The van der Waals surface area contributed by atoms with Crippen LogP contribution < -0.4 is 5.32 Å². The van der Waals surface area contributed by atoms with E-state index in [-0.39, 0.29) is 6.04 Å². The van der Waals surface area contributed by atoms with Gasteiger partial charge in [0.1, 0.15) is 0 Å². The van der Waals surface area contributed by atoms with E-state index in [1.54, 1.807) is 0 Å². The minimum Gasteiger partial charge on any atom is -0.338 e. The number of rotatable bonds is 5. The summed E-state index contributed by atoms with van der Waals surface area (Å²) in [6, 6.07) is 0.0318. The van der Waals surface area contributed by atoms with E-state index in [1.807, 2.05) is 12.3 Å². The molecule has 0 saturated heterocycles. The van der Waals surface area contributed by atoms with Crippen molar-refractivity contribution in [3.8, 4) is 0 Å². The molecule has 1 atom stereocenters. The molecule has 7 heteroatoms. The van der Waals surface area contributed by atoms with Crippen molar-refractivity contribution in [3.05, 3.63) is 22.8 Å². The van der Waals surface area contributed by atoms with Crippen LogP contribution in [0.3, 0.4) is 0 Å². The topological polar surface area (TPSA) is 76.7 Å². The normalized spacial score (nSPS) is 17.9. The van der Waals surface area contributed by atoms with E-state index in [0.717, 1.165) is 11.5 Å².